The van der Waals surface area contributed by atoms with E-state index in [-0.39, 0.29) is 6.10 Å². The molecule has 2 N–H and O–H groups in total. The summed E-state index contributed by atoms with van der Waals surface area (Å²) < 4.78 is 0. The summed E-state index contributed by atoms with van der Waals surface area (Å²) in [5.74, 6) is 1.52. The summed E-state index contributed by atoms with van der Waals surface area (Å²) in [4.78, 5) is 6.42. The highest BCUT2D eigenvalue weighted by atomic mass is 16.3. The Labute approximate surface area is 131 Å². The van der Waals surface area contributed by atoms with Crippen molar-refractivity contribution in [1.29, 1.82) is 0 Å². The Morgan fingerprint density at radius 2 is 2.00 bits per heavy atom. The quantitative estimate of drug-likeness (QED) is 0.783. The second kappa shape index (κ2) is 4.84. The van der Waals surface area contributed by atoms with E-state index in [0.717, 1.165) is 18.8 Å². The van der Waals surface area contributed by atoms with Crippen LogP contribution in [0.25, 0.3) is 10.9 Å². The number of nitrogens with zero attached hydrogens (tertiary/aromatic N) is 1. The van der Waals surface area contributed by atoms with Gasteiger partial charge in [0.05, 0.1) is 12.1 Å². The largest absolute Gasteiger partial charge is 0.393 e. The maximum atomic E-state index is 10.0. The van der Waals surface area contributed by atoms with Gasteiger partial charge in [0.15, 0.2) is 0 Å². The molecule has 3 nitrogen and oxygen atoms in total. The molecule has 1 aromatic heterocycles. The number of aromatic amines is 1. The average molecular weight is 296 g/mol. The van der Waals surface area contributed by atoms with Gasteiger partial charge in [-0.1, -0.05) is 18.2 Å². The number of H-pyrrole nitrogens is 1. The summed E-state index contributed by atoms with van der Waals surface area (Å²) in [6, 6.07) is 9.28. The third-order valence-corrected chi connectivity index (χ3v) is 6.38. The molecular weight excluding hydrogens is 272 g/mol. The van der Waals surface area contributed by atoms with Crippen LogP contribution in [0.15, 0.2) is 24.3 Å². The van der Waals surface area contributed by atoms with Gasteiger partial charge in [-0.25, -0.2) is 0 Å². The van der Waals surface area contributed by atoms with E-state index in [9.17, 15) is 5.11 Å². The van der Waals surface area contributed by atoms with E-state index in [4.69, 9.17) is 0 Å². The number of hydrogen-bond donors (Lipinski definition) is 2. The van der Waals surface area contributed by atoms with Crippen LogP contribution in [0.4, 0.5) is 0 Å². The van der Waals surface area contributed by atoms with E-state index < -0.39 is 0 Å². The molecule has 2 aromatic rings. The Hall–Kier alpha value is -1.32. The topological polar surface area (TPSA) is 39.3 Å². The smallest absolute Gasteiger partial charge is 0.0543 e. The maximum Gasteiger partial charge on any atom is 0.0543 e. The van der Waals surface area contributed by atoms with Crippen molar-refractivity contribution in [2.75, 3.05) is 13.1 Å². The third kappa shape index (κ3) is 1.88. The van der Waals surface area contributed by atoms with Crippen LogP contribution >= 0.6 is 0 Å². The lowest BCUT2D eigenvalue weighted by Crippen LogP contribution is -2.48. The Morgan fingerprint density at radius 3 is 2.95 bits per heavy atom. The predicted octanol–water partition coefficient (Wildman–Crippen LogP) is 3.25. The van der Waals surface area contributed by atoms with Crippen LogP contribution in [0.2, 0.25) is 0 Å². The maximum absolute atomic E-state index is 10.0. The fraction of sp³-hybridized carbons (Fsp3) is 0.579. The highest BCUT2D eigenvalue weighted by Crippen LogP contribution is 2.46. The van der Waals surface area contributed by atoms with Gasteiger partial charge in [-0.3, -0.25) is 4.90 Å². The minimum Gasteiger partial charge on any atom is -0.393 e. The molecule has 1 aromatic carbocycles. The van der Waals surface area contributed by atoms with Gasteiger partial charge in [-0.2, -0.15) is 0 Å². The molecule has 3 heterocycles. The van der Waals surface area contributed by atoms with Crippen LogP contribution in [0, 0.1) is 11.8 Å². The van der Waals surface area contributed by atoms with Crippen molar-refractivity contribution >= 4 is 10.9 Å². The van der Waals surface area contributed by atoms with Crippen LogP contribution in [0.5, 0.6) is 0 Å². The van der Waals surface area contributed by atoms with Gasteiger partial charge in [-0.15, -0.1) is 0 Å². The normalized spacial score (nSPS) is 35.0. The number of aliphatic hydroxyl groups is 1. The number of fused-ring (bicyclic) bond motifs is 6. The van der Waals surface area contributed by atoms with Gasteiger partial charge in [0.1, 0.15) is 0 Å². The first kappa shape index (κ1) is 13.1. The highest BCUT2D eigenvalue weighted by molar-refractivity contribution is 5.85. The van der Waals surface area contributed by atoms with Gasteiger partial charge in [-0.05, 0) is 55.6 Å². The molecule has 116 valence electrons. The van der Waals surface area contributed by atoms with E-state index in [2.05, 4.69) is 34.1 Å². The Morgan fingerprint density at radius 1 is 1.09 bits per heavy atom. The fourth-order valence-corrected chi connectivity index (χ4v) is 5.27. The number of piperidine rings is 1. The zero-order valence-corrected chi connectivity index (χ0v) is 13.0. The molecule has 2 aliphatic heterocycles. The summed E-state index contributed by atoms with van der Waals surface area (Å²) in [6.07, 6.45) is 5.59. The lowest BCUT2D eigenvalue weighted by atomic mass is 9.70. The monoisotopic (exact) mass is 296 g/mol. The number of nitrogens with one attached hydrogen (secondary N) is 1. The lowest BCUT2D eigenvalue weighted by Gasteiger charge is -2.48. The number of hydrogen-bond acceptors (Lipinski definition) is 2. The molecule has 2 fully saturated rings. The number of para-hydroxylation sites is 1. The van der Waals surface area contributed by atoms with Gasteiger partial charge < -0.3 is 10.1 Å². The van der Waals surface area contributed by atoms with Crippen molar-refractivity contribution in [2.24, 2.45) is 11.8 Å². The van der Waals surface area contributed by atoms with E-state index in [1.807, 2.05) is 0 Å². The molecule has 1 saturated carbocycles. The summed E-state index contributed by atoms with van der Waals surface area (Å²) in [5, 5.41) is 11.5. The highest BCUT2D eigenvalue weighted by Gasteiger charge is 2.42. The zero-order chi connectivity index (χ0) is 14.7. The molecule has 4 atom stereocenters. The second-order valence-corrected chi connectivity index (χ2v) is 7.55. The van der Waals surface area contributed by atoms with Crippen LogP contribution < -0.4 is 0 Å². The molecule has 5 rings (SSSR count). The van der Waals surface area contributed by atoms with Gasteiger partial charge in [0, 0.05) is 29.7 Å². The van der Waals surface area contributed by atoms with E-state index in [1.54, 1.807) is 5.56 Å². The minimum atomic E-state index is -0.0569. The Balaban J connectivity index is 1.53. The molecule has 0 spiro atoms. The predicted molar refractivity (Wildman–Crippen MR) is 87.8 cm³/mol. The number of aliphatic hydroxyl groups excluding tert-OH is 1. The number of benzene rings is 1. The van der Waals surface area contributed by atoms with Crippen LogP contribution in [0.3, 0.4) is 0 Å². The first-order valence-corrected chi connectivity index (χ1v) is 8.81. The van der Waals surface area contributed by atoms with E-state index in [0.29, 0.717) is 12.0 Å². The Bertz CT molecular complexity index is 707. The van der Waals surface area contributed by atoms with Crippen molar-refractivity contribution in [1.82, 2.24) is 9.88 Å². The van der Waals surface area contributed by atoms with Crippen LogP contribution in [0.1, 0.15) is 43.0 Å². The standard InChI is InChI=1S/C19H24N2O/c22-14-6-5-12-11-21-8-7-16-15-3-1-2-4-17(15)20-19(16)18(21)10-13(12)9-14/h1-4,12-14,18,20,22H,5-11H2/t12-,13+,14-,18+/m1/s1. The Kier molecular flexibility index (Phi) is 2.89. The van der Waals surface area contributed by atoms with Crippen molar-refractivity contribution < 1.29 is 5.11 Å². The molecule has 1 saturated heterocycles. The number of aromatic nitrogens is 1. The molecule has 1 aliphatic carbocycles. The van der Waals surface area contributed by atoms with E-state index >= 15 is 0 Å². The average Bonchev–Trinajstić information content (AvgIpc) is 2.92. The molecular formula is C19H24N2O. The summed E-state index contributed by atoms with van der Waals surface area (Å²) in [7, 11) is 0. The van der Waals surface area contributed by atoms with Gasteiger partial charge in [0.25, 0.3) is 0 Å². The summed E-state index contributed by atoms with van der Waals surface area (Å²) in [6.45, 7) is 2.43. The van der Waals surface area contributed by atoms with Gasteiger partial charge in [0.2, 0.25) is 0 Å². The fourth-order valence-electron chi connectivity index (χ4n) is 5.27. The molecule has 0 bridgehead atoms. The van der Waals surface area contributed by atoms with Crippen LogP contribution in [-0.2, 0) is 6.42 Å². The summed E-state index contributed by atoms with van der Waals surface area (Å²) >= 11 is 0. The number of rotatable bonds is 0. The van der Waals surface area contributed by atoms with Crippen LogP contribution in [-0.4, -0.2) is 34.2 Å². The van der Waals surface area contributed by atoms with E-state index in [1.165, 1.54) is 48.9 Å². The summed E-state index contributed by atoms with van der Waals surface area (Å²) in [5.41, 5.74) is 4.30. The van der Waals surface area contributed by atoms with Gasteiger partial charge >= 0.3 is 0 Å². The molecule has 22 heavy (non-hydrogen) atoms. The molecule has 0 unspecified atom stereocenters. The molecule has 0 amide bonds. The molecule has 3 heteroatoms. The van der Waals surface area contributed by atoms with Crippen molar-refractivity contribution in [3.63, 3.8) is 0 Å². The molecule has 3 aliphatic rings. The van der Waals surface area contributed by atoms with Crippen molar-refractivity contribution in [3.8, 4) is 0 Å². The third-order valence-electron chi connectivity index (χ3n) is 6.38. The lowest BCUT2D eigenvalue weighted by molar-refractivity contribution is -0.0107. The second-order valence-electron chi connectivity index (χ2n) is 7.55. The van der Waals surface area contributed by atoms with Crippen molar-refractivity contribution in [3.05, 3.63) is 35.5 Å². The molecule has 0 radical (unpaired) electrons. The van der Waals surface area contributed by atoms with Crippen molar-refractivity contribution in [2.45, 2.75) is 44.2 Å². The SMILES string of the molecule is O[C@@H]1CC[C@@H]2CN3CCc4c([nH]c5ccccc45)[C@@H]3C[C@@H]2C1. The first-order valence-electron chi connectivity index (χ1n) is 8.81. The zero-order valence-electron chi connectivity index (χ0n) is 13.0. The minimum absolute atomic E-state index is 0.0569. The first-order chi connectivity index (χ1) is 10.8.